The highest BCUT2D eigenvalue weighted by Gasteiger charge is 2.56. The van der Waals surface area contributed by atoms with E-state index in [4.69, 9.17) is 10.7 Å². The predicted molar refractivity (Wildman–Crippen MR) is 92.6 cm³/mol. The van der Waals surface area contributed by atoms with Gasteiger partial charge in [0.15, 0.2) is 5.96 Å². The molecule has 3 atom stereocenters. The Morgan fingerprint density at radius 1 is 1.15 bits per heavy atom. The number of benzene rings is 1. The summed E-state index contributed by atoms with van der Waals surface area (Å²) in [5, 5.41) is 0. The lowest BCUT2D eigenvalue weighted by Crippen LogP contribution is -2.41. The lowest BCUT2D eigenvalue weighted by atomic mass is 10.1. The van der Waals surface area contributed by atoms with Gasteiger partial charge in [-0.2, -0.15) is 0 Å². The molecule has 1 saturated heterocycles. The molecular formula is C16H22IN3. The Hall–Kier alpha value is -0.780. The first kappa shape index (κ1) is 14.2. The maximum Gasteiger partial charge on any atom is 0.191 e. The summed E-state index contributed by atoms with van der Waals surface area (Å²) >= 11 is 0. The predicted octanol–water partition coefficient (Wildman–Crippen LogP) is 2.74. The Kier molecular flexibility index (Phi) is 3.93. The van der Waals surface area contributed by atoms with E-state index < -0.39 is 0 Å². The minimum absolute atomic E-state index is 0. The van der Waals surface area contributed by atoms with E-state index in [9.17, 15) is 0 Å². The molecule has 3 nitrogen and oxygen atoms in total. The maximum atomic E-state index is 6.19. The molecule has 20 heavy (non-hydrogen) atoms. The van der Waals surface area contributed by atoms with Crippen LogP contribution >= 0.6 is 24.0 Å². The van der Waals surface area contributed by atoms with Crippen molar-refractivity contribution in [1.82, 2.24) is 4.90 Å². The number of hydrogen-bond acceptors (Lipinski definition) is 1. The standard InChI is InChI=1S/C16H21N3.HI/c17-16(19-8-4-1-5-9-19)18-15-13-10-11-6-2-3-7-12(11)14(13)15;/h2-3,6-7,13-15H,1,4-5,8-10H2,(H2,17,18);1H. The van der Waals surface area contributed by atoms with E-state index in [2.05, 4.69) is 29.2 Å². The van der Waals surface area contributed by atoms with Gasteiger partial charge in [0, 0.05) is 19.0 Å². The number of piperidine rings is 1. The number of nitrogens with zero attached hydrogens (tertiary/aromatic N) is 2. The van der Waals surface area contributed by atoms with Crippen LogP contribution in [0.15, 0.2) is 29.3 Å². The zero-order valence-electron chi connectivity index (χ0n) is 11.7. The minimum Gasteiger partial charge on any atom is -0.370 e. The van der Waals surface area contributed by atoms with Gasteiger partial charge in [0.05, 0.1) is 6.04 Å². The number of aliphatic imine (C=N–C) groups is 1. The summed E-state index contributed by atoms with van der Waals surface area (Å²) in [6.45, 7) is 2.18. The molecule has 2 fully saturated rings. The molecule has 3 aliphatic rings. The highest BCUT2D eigenvalue weighted by Crippen LogP contribution is 2.58. The maximum absolute atomic E-state index is 6.19. The molecule has 1 aromatic carbocycles. The Bertz CT molecular complexity index is 522. The van der Waals surface area contributed by atoms with Crippen molar-refractivity contribution >= 4 is 29.9 Å². The van der Waals surface area contributed by atoms with Gasteiger partial charge in [-0.3, -0.25) is 0 Å². The van der Waals surface area contributed by atoms with Crippen molar-refractivity contribution in [2.45, 2.75) is 37.6 Å². The normalized spacial score (nSPS) is 31.3. The first-order chi connectivity index (χ1) is 9.34. The van der Waals surface area contributed by atoms with E-state index in [1.165, 1.54) is 36.8 Å². The van der Waals surface area contributed by atoms with Gasteiger partial charge in [-0.15, -0.1) is 24.0 Å². The molecular weight excluding hydrogens is 361 g/mol. The number of likely N-dealkylation sites (tertiary alicyclic amines) is 1. The van der Waals surface area contributed by atoms with Crippen LogP contribution < -0.4 is 5.73 Å². The summed E-state index contributed by atoms with van der Waals surface area (Å²) in [6.07, 6.45) is 5.06. The fourth-order valence-electron chi connectivity index (χ4n) is 3.85. The fourth-order valence-corrected chi connectivity index (χ4v) is 3.85. The van der Waals surface area contributed by atoms with Gasteiger partial charge in [-0.05, 0) is 42.7 Å². The second-order valence-electron chi connectivity index (χ2n) is 6.12. The van der Waals surface area contributed by atoms with E-state index >= 15 is 0 Å². The molecule has 108 valence electrons. The molecule has 0 radical (unpaired) electrons. The third-order valence-electron chi connectivity index (χ3n) is 4.96. The van der Waals surface area contributed by atoms with Crippen LogP contribution in [0.2, 0.25) is 0 Å². The number of nitrogens with two attached hydrogens (primary N) is 1. The van der Waals surface area contributed by atoms with E-state index in [1.807, 2.05) is 0 Å². The molecule has 4 rings (SSSR count). The van der Waals surface area contributed by atoms with Gasteiger partial charge >= 0.3 is 0 Å². The number of rotatable bonds is 1. The molecule has 0 spiro atoms. The highest BCUT2D eigenvalue weighted by molar-refractivity contribution is 14.0. The fraction of sp³-hybridized carbons (Fsp3) is 0.562. The van der Waals surface area contributed by atoms with Gasteiger partial charge in [0.25, 0.3) is 0 Å². The van der Waals surface area contributed by atoms with Crippen molar-refractivity contribution in [2.75, 3.05) is 13.1 Å². The number of guanidine groups is 1. The first-order valence-electron chi connectivity index (χ1n) is 7.50. The van der Waals surface area contributed by atoms with Crippen molar-refractivity contribution in [3.8, 4) is 0 Å². The van der Waals surface area contributed by atoms with Crippen LogP contribution in [0.1, 0.15) is 36.3 Å². The summed E-state index contributed by atoms with van der Waals surface area (Å²) < 4.78 is 0. The van der Waals surface area contributed by atoms with E-state index in [0.717, 1.165) is 25.0 Å². The van der Waals surface area contributed by atoms with E-state index in [0.29, 0.717) is 12.0 Å². The van der Waals surface area contributed by atoms with Crippen LogP contribution in [0.5, 0.6) is 0 Å². The topological polar surface area (TPSA) is 41.6 Å². The quantitative estimate of drug-likeness (QED) is 0.460. The smallest absolute Gasteiger partial charge is 0.191 e. The minimum atomic E-state index is 0. The Morgan fingerprint density at radius 3 is 2.70 bits per heavy atom. The van der Waals surface area contributed by atoms with E-state index in [-0.39, 0.29) is 24.0 Å². The molecule has 2 aliphatic carbocycles. The van der Waals surface area contributed by atoms with Crippen molar-refractivity contribution in [1.29, 1.82) is 0 Å². The molecule has 1 saturated carbocycles. The number of hydrogen-bond donors (Lipinski definition) is 1. The molecule has 0 bridgehead atoms. The Labute approximate surface area is 137 Å². The second-order valence-corrected chi connectivity index (χ2v) is 6.12. The van der Waals surface area contributed by atoms with Gasteiger partial charge < -0.3 is 10.6 Å². The van der Waals surface area contributed by atoms with Gasteiger partial charge in [0.2, 0.25) is 0 Å². The Balaban J connectivity index is 0.00000121. The summed E-state index contributed by atoms with van der Waals surface area (Å²) in [4.78, 5) is 7.08. The molecule has 4 heteroatoms. The van der Waals surface area contributed by atoms with Crippen LogP contribution in [-0.4, -0.2) is 30.0 Å². The van der Waals surface area contributed by atoms with Gasteiger partial charge in [-0.25, -0.2) is 4.99 Å². The largest absolute Gasteiger partial charge is 0.370 e. The summed E-state index contributed by atoms with van der Waals surface area (Å²) in [5.41, 5.74) is 9.24. The van der Waals surface area contributed by atoms with Crippen LogP contribution in [0.3, 0.4) is 0 Å². The zero-order chi connectivity index (χ0) is 12.8. The SMILES string of the molecule is I.NC(=NC1C2Cc3ccccc3C21)N1CCCCC1. The summed E-state index contributed by atoms with van der Waals surface area (Å²) in [5.74, 6) is 2.16. The Morgan fingerprint density at radius 2 is 1.90 bits per heavy atom. The van der Waals surface area contributed by atoms with Crippen molar-refractivity contribution < 1.29 is 0 Å². The lowest BCUT2D eigenvalue weighted by molar-refractivity contribution is 0.337. The van der Waals surface area contributed by atoms with Gasteiger partial charge in [-0.1, -0.05) is 24.3 Å². The third-order valence-corrected chi connectivity index (χ3v) is 4.96. The molecule has 3 unspecified atom stereocenters. The van der Waals surface area contributed by atoms with Crippen LogP contribution in [0.4, 0.5) is 0 Å². The first-order valence-corrected chi connectivity index (χ1v) is 7.50. The average molecular weight is 383 g/mol. The molecule has 1 aromatic rings. The summed E-state index contributed by atoms with van der Waals surface area (Å²) in [6, 6.07) is 9.28. The monoisotopic (exact) mass is 383 g/mol. The lowest BCUT2D eigenvalue weighted by Gasteiger charge is -2.27. The molecule has 0 aromatic heterocycles. The van der Waals surface area contributed by atoms with Crippen molar-refractivity contribution in [2.24, 2.45) is 16.6 Å². The third kappa shape index (κ3) is 2.32. The van der Waals surface area contributed by atoms with Crippen LogP contribution in [0.25, 0.3) is 0 Å². The number of fused-ring (bicyclic) bond motifs is 3. The number of halogens is 1. The second kappa shape index (κ2) is 5.54. The molecule has 1 aliphatic heterocycles. The molecule has 2 N–H and O–H groups in total. The van der Waals surface area contributed by atoms with Crippen LogP contribution in [0, 0.1) is 5.92 Å². The molecule has 0 amide bonds. The highest BCUT2D eigenvalue weighted by atomic mass is 127. The average Bonchev–Trinajstić information content (AvgIpc) is 2.97. The van der Waals surface area contributed by atoms with Crippen molar-refractivity contribution in [3.05, 3.63) is 35.4 Å². The molecule has 1 heterocycles. The van der Waals surface area contributed by atoms with Gasteiger partial charge in [0.1, 0.15) is 0 Å². The van der Waals surface area contributed by atoms with Crippen molar-refractivity contribution in [3.63, 3.8) is 0 Å². The zero-order valence-corrected chi connectivity index (χ0v) is 14.0. The van der Waals surface area contributed by atoms with E-state index in [1.54, 1.807) is 0 Å². The van der Waals surface area contributed by atoms with Crippen LogP contribution in [-0.2, 0) is 6.42 Å². The summed E-state index contributed by atoms with van der Waals surface area (Å²) in [7, 11) is 0.